The van der Waals surface area contributed by atoms with Crippen molar-refractivity contribution < 1.29 is 23.8 Å². The fourth-order valence-electron chi connectivity index (χ4n) is 2.15. The van der Waals surface area contributed by atoms with Crippen molar-refractivity contribution in [3.8, 4) is 11.5 Å². The van der Waals surface area contributed by atoms with Crippen LogP contribution >= 0.6 is 0 Å². The van der Waals surface area contributed by atoms with Crippen LogP contribution in [0, 0.1) is 0 Å². The second-order valence-electron chi connectivity index (χ2n) is 4.85. The van der Waals surface area contributed by atoms with Crippen LogP contribution < -0.4 is 9.47 Å². The molecule has 1 aliphatic heterocycles. The van der Waals surface area contributed by atoms with Gasteiger partial charge in [-0.05, 0) is 49.9 Å². The van der Waals surface area contributed by atoms with Gasteiger partial charge in [0.15, 0.2) is 0 Å². The number of carbonyl (C=O) groups excluding carboxylic acids is 2. The first-order chi connectivity index (χ1) is 10.2. The van der Waals surface area contributed by atoms with E-state index in [4.69, 9.17) is 14.2 Å². The predicted octanol–water partition coefficient (Wildman–Crippen LogP) is 2.65. The smallest absolute Gasteiger partial charge is 0.311 e. The number of esters is 2. The van der Waals surface area contributed by atoms with Gasteiger partial charge < -0.3 is 14.2 Å². The Morgan fingerprint density at radius 2 is 2.14 bits per heavy atom. The molecule has 0 atom stereocenters. The first kappa shape index (κ1) is 15.4. The van der Waals surface area contributed by atoms with Crippen molar-refractivity contribution in [1.82, 2.24) is 0 Å². The highest BCUT2D eigenvalue weighted by Gasteiger charge is 2.17. The topological polar surface area (TPSA) is 61.8 Å². The van der Waals surface area contributed by atoms with E-state index in [1.54, 1.807) is 19.1 Å². The van der Waals surface area contributed by atoms with Crippen LogP contribution in [0.1, 0.15) is 38.2 Å². The van der Waals surface area contributed by atoms with Crippen LogP contribution in [0.25, 0.3) is 0 Å². The van der Waals surface area contributed by atoms with Gasteiger partial charge in [0, 0.05) is 6.42 Å². The molecule has 21 heavy (non-hydrogen) atoms. The largest absolute Gasteiger partial charge is 0.494 e. The number of unbranched alkanes of at least 4 members (excludes halogenated alkanes) is 1. The summed E-state index contributed by atoms with van der Waals surface area (Å²) in [6.07, 6.45) is 3.08. The van der Waals surface area contributed by atoms with Crippen LogP contribution in [0.4, 0.5) is 0 Å². The Hall–Kier alpha value is -2.04. The summed E-state index contributed by atoms with van der Waals surface area (Å²) in [4.78, 5) is 22.3. The standard InChI is InChI=1S/C16H20O5/c1-2-19-15(17)5-3-4-10-20-13-7-8-14-12(11-13)6-9-16(18)21-14/h7-8,11H,2-6,9-10H2,1H3. The molecule has 0 saturated heterocycles. The quantitative estimate of drug-likeness (QED) is 0.439. The summed E-state index contributed by atoms with van der Waals surface area (Å²) in [6.45, 7) is 2.78. The van der Waals surface area contributed by atoms with E-state index < -0.39 is 0 Å². The number of aryl methyl sites for hydroxylation is 1. The molecule has 0 saturated carbocycles. The predicted molar refractivity (Wildman–Crippen MR) is 76.4 cm³/mol. The third-order valence-electron chi connectivity index (χ3n) is 3.20. The van der Waals surface area contributed by atoms with Crippen molar-refractivity contribution in [3.63, 3.8) is 0 Å². The van der Waals surface area contributed by atoms with Crippen LogP contribution in [-0.4, -0.2) is 25.2 Å². The summed E-state index contributed by atoms with van der Waals surface area (Å²) in [6, 6.07) is 5.47. The minimum absolute atomic E-state index is 0.159. The molecule has 0 bridgehead atoms. The van der Waals surface area contributed by atoms with Crippen LogP contribution in [0.15, 0.2) is 18.2 Å². The molecule has 114 valence electrons. The zero-order valence-electron chi connectivity index (χ0n) is 12.2. The second kappa shape index (κ2) is 7.67. The molecular formula is C16H20O5. The Kier molecular flexibility index (Phi) is 5.60. The lowest BCUT2D eigenvalue weighted by Gasteiger charge is -2.16. The van der Waals surface area contributed by atoms with E-state index >= 15 is 0 Å². The first-order valence-electron chi connectivity index (χ1n) is 7.31. The number of hydrogen-bond acceptors (Lipinski definition) is 5. The van der Waals surface area contributed by atoms with E-state index in [1.165, 1.54) is 0 Å². The Morgan fingerprint density at radius 1 is 1.29 bits per heavy atom. The van der Waals surface area contributed by atoms with E-state index in [2.05, 4.69) is 0 Å². The Labute approximate surface area is 124 Å². The van der Waals surface area contributed by atoms with Gasteiger partial charge in [-0.25, -0.2) is 0 Å². The first-order valence-corrected chi connectivity index (χ1v) is 7.31. The van der Waals surface area contributed by atoms with Gasteiger partial charge in [-0.2, -0.15) is 0 Å². The Morgan fingerprint density at radius 3 is 2.95 bits per heavy atom. The van der Waals surface area contributed by atoms with Gasteiger partial charge in [-0.3, -0.25) is 9.59 Å². The average molecular weight is 292 g/mol. The van der Waals surface area contributed by atoms with Gasteiger partial charge in [-0.15, -0.1) is 0 Å². The summed E-state index contributed by atoms with van der Waals surface area (Å²) in [5.41, 5.74) is 0.999. The summed E-state index contributed by atoms with van der Waals surface area (Å²) in [7, 11) is 0. The van der Waals surface area contributed by atoms with Crippen LogP contribution in [0.2, 0.25) is 0 Å². The maximum atomic E-state index is 11.2. The molecular weight excluding hydrogens is 272 g/mol. The third kappa shape index (κ3) is 4.77. The zero-order valence-corrected chi connectivity index (χ0v) is 12.2. The molecule has 5 nitrogen and oxygen atoms in total. The fourth-order valence-corrected chi connectivity index (χ4v) is 2.15. The highest BCUT2D eigenvalue weighted by Crippen LogP contribution is 2.29. The van der Waals surface area contributed by atoms with Gasteiger partial charge in [0.25, 0.3) is 0 Å². The lowest BCUT2D eigenvalue weighted by molar-refractivity contribution is -0.143. The SMILES string of the molecule is CCOC(=O)CCCCOc1ccc2c(c1)CCC(=O)O2. The van der Waals surface area contributed by atoms with Gasteiger partial charge in [0.05, 0.1) is 19.6 Å². The van der Waals surface area contributed by atoms with E-state index in [-0.39, 0.29) is 11.9 Å². The van der Waals surface area contributed by atoms with Crippen LogP contribution in [0.5, 0.6) is 11.5 Å². The number of benzene rings is 1. The van der Waals surface area contributed by atoms with E-state index in [0.29, 0.717) is 38.2 Å². The molecule has 0 unspecified atom stereocenters. The Bertz CT molecular complexity index is 509. The van der Waals surface area contributed by atoms with Crippen molar-refractivity contribution in [2.24, 2.45) is 0 Å². The molecule has 0 aromatic heterocycles. The van der Waals surface area contributed by atoms with Crippen molar-refractivity contribution in [1.29, 1.82) is 0 Å². The molecule has 2 rings (SSSR count). The Balaban J connectivity index is 1.72. The highest BCUT2D eigenvalue weighted by molar-refractivity contribution is 5.75. The van der Waals surface area contributed by atoms with Crippen LogP contribution in [0.3, 0.4) is 0 Å². The van der Waals surface area contributed by atoms with Crippen molar-refractivity contribution in [2.45, 2.75) is 39.0 Å². The minimum atomic E-state index is -0.185. The number of ether oxygens (including phenoxy) is 3. The van der Waals surface area contributed by atoms with Crippen molar-refractivity contribution >= 4 is 11.9 Å². The second-order valence-corrected chi connectivity index (χ2v) is 4.85. The molecule has 0 N–H and O–H groups in total. The van der Waals surface area contributed by atoms with Gasteiger partial charge in [0.2, 0.25) is 0 Å². The fraction of sp³-hybridized carbons (Fsp3) is 0.500. The third-order valence-corrected chi connectivity index (χ3v) is 3.20. The van der Waals surface area contributed by atoms with Gasteiger partial charge >= 0.3 is 11.9 Å². The summed E-state index contributed by atoms with van der Waals surface area (Å²) >= 11 is 0. The summed E-state index contributed by atoms with van der Waals surface area (Å²) < 4.78 is 15.6. The highest BCUT2D eigenvalue weighted by atomic mass is 16.5. The van der Waals surface area contributed by atoms with Gasteiger partial charge in [-0.1, -0.05) is 0 Å². The maximum Gasteiger partial charge on any atom is 0.311 e. The minimum Gasteiger partial charge on any atom is -0.494 e. The number of fused-ring (bicyclic) bond motifs is 1. The number of rotatable bonds is 7. The normalized spacial score (nSPS) is 13.3. The number of hydrogen-bond donors (Lipinski definition) is 0. The molecule has 0 aliphatic carbocycles. The van der Waals surface area contributed by atoms with Crippen molar-refractivity contribution in [3.05, 3.63) is 23.8 Å². The van der Waals surface area contributed by atoms with E-state index in [1.807, 2.05) is 6.07 Å². The molecule has 1 aromatic carbocycles. The zero-order chi connectivity index (χ0) is 15.1. The molecule has 1 aliphatic rings. The molecule has 1 aromatic rings. The summed E-state index contributed by atoms with van der Waals surface area (Å²) in [5.74, 6) is 1.05. The molecule has 0 amide bonds. The monoisotopic (exact) mass is 292 g/mol. The maximum absolute atomic E-state index is 11.2. The molecule has 1 heterocycles. The van der Waals surface area contributed by atoms with E-state index in [9.17, 15) is 9.59 Å². The van der Waals surface area contributed by atoms with E-state index in [0.717, 1.165) is 24.2 Å². The van der Waals surface area contributed by atoms with Crippen molar-refractivity contribution in [2.75, 3.05) is 13.2 Å². The molecule has 0 radical (unpaired) electrons. The molecule has 5 heteroatoms. The van der Waals surface area contributed by atoms with Gasteiger partial charge in [0.1, 0.15) is 11.5 Å². The molecule has 0 spiro atoms. The lowest BCUT2D eigenvalue weighted by atomic mass is 10.1. The van der Waals surface area contributed by atoms with Crippen LogP contribution in [-0.2, 0) is 20.7 Å². The summed E-state index contributed by atoms with van der Waals surface area (Å²) in [5, 5.41) is 0. The molecule has 0 fully saturated rings. The average Bonchev–Trinajstić information content (AvgIpc) is 2.47. The lowest BCUT2D eigenvalue weighted by Crippen LogP contribution is -2.15. The number of carbonyl (C=O) groups is 2.